The van der Waals surface area contributed by atoms with Crippen LogP contribution in [0.4, 0.5) is 0 Å². The summed E-state index contributed by atoms with van der Waals surface area (Å²) in [5, 5.41) is 12.2. The minimum atomic E-state index is -0.367. The van der Waals surface area contributed by atoms with E-state index in [9.17, 15) is 10.1 Å². The van der Waals surface area contributed by atoms with Crippen molar-refractivity contribution in [3.05, 3.63) is 107 Å². The normalized spacial score (nSPS) is 10.9. The van der Waals surface area contributed by atoms with E-state index in [0.29, 0.717) is 13.2 Å². The van der Waals surface area contributed by atoms with E-state index in [1.165, 1.54) is 5.56 Å². The molecule has 0 heterocycles. The van der Waals surface area contributed by atoms with Crippen LogP contribution in [-0.2, 0) is 17.8 Å². The number of rotatable bonds is 8. The van der Waals surface area contributed by atoms with Gasteiger partial charge >= 0.3 is 0 Å². The first kappa shape index (κ1) is 20.9. The Bertz CT molecular complexity index is 1050. The van der Waals surface area contributed by atoms with E-state index in [-0.39, 0.29) is 11.5 Å². The molecule has 4 nitrogen and oxygen atoms in total. The van der Waals surface area contributed by atoms with E-state index in [1.54, 1.807) is 6.08 Å². The molecule has 3 aromatic rings. The molecule has 0 atom stereocenters. The van der Waals surface area contributed by atoms with Gasteiger partial charge in [-0.3, -0.25) is 4.79 Å². The van der Waals surface area contributed by atoms with Gasteiger partial charge in [-0.05, 0) is 48.2 Å². The van der Waals surface area contributed by atoms with Crippen molar-refractivity contribution in [1.82, 2.24) is 5.32 Å². The SMILES string of the molecule is Cc1cccc(COc2ccc(C=C(C#N)C(=O)NCCc3ccccc3)cc2)c1. The van der Waals surface area contributed by atoms with Gasteiger partial charge in [0, 0.05) is 6.54 Å². The predicted molar refractivity (Wildman–Crippen MR) is 119 cm³/mol. The van der Waals surface area contributed by atoms with Crippen molar-refractivity contribution in [3.63, 3.8) is 0 Å². The third kappa shape index (κ3) is 6.35. The van der Waals surface area contributed by atoms with Gasteiger partial charge in [-0.2, -0.15) is 5.26 Å². The van der Waals surface area contributed by atoms with Gasteiger partial charge in [-0.1, -0.05) is 72.3 Å². The fourth-order valence-electron chi connectivity index (χ4n) is 3.00. The Kier molecular flexibility index (Phi) is 7.40. The van der Waals surface area contributed by atoms with Crippen molar-refractivity contribution in [1.29, 1.82) is 5.26 Å². The third-order valence-corrected chi connectivity index (χ3v) is 4.59. The molecule has 1 amide bonds. The number of benzene rings is 3. The van der Waals surface area contributed by atoms with Crippen LogP contribution in [0, 0.1) is 18.3 Å². The molecule has 4 heteroatoms. The topological polar surface area (TPSA) is 62.1 Å². The molecule has 0 unspecified atom stereocenters. The molecular weight excluding hydrogens is 372 g/mol. The first-order valence-electron chi connectivity index (χ1n) is 9.86. The summed E-state index contributed by atoms with van der Waals surface area (Å²) >= 11 is 0. The van der Waals surface area contributed by atoms with E-state index in [4.69, 9.17) is 4.74 Å². The number of nitrogens with one attached hydrogen (secondary N) is 1. The average molecular weight is 396 g/mol. The Morgan fingerprint density at radius 1 is 1.00 bits per heavy atom. The summed E-state index contributed by atoms with van der Waals surface area (Å²) in [4.78, 5) is 12.3. The van der Waals surface area contributed by atoms with Crippen LogP contribution in [0.2, 0.25) is 0 Å². The molecule has 0 fully saturated rings. The third-order valence-electron chi connectivity index (χ3n) is 4.59. The van der Waals surface area contributed by atoms with E-state index in [1.807, 2.05) is 72.8 Å². The van der Waals surface area contributed by atoms with Gasteiger partial charge < -0.3 is 10.1 Å². The Morgan fingerprint density at radius 3 is 2.43 bits per heavy atom. The molecule has 0 radical (unpaired) electrons. The largest absolute Gasteiger partial charge is 0.489 e. The van der Waals surface area contributed by atoms with E-state index in [0.717, 1.165) is 28.9 Å². The van der Waals surface area contributed by atoms with Crippen molar-refractivity contribution in [2.45, 2.75) is 20.0 Å². The van der Waals surface area contributed by atoms with Crippen molar-refractivity contribution in [2.24, 2.45) is 0 Å². The maximum absolute atomic E-state index is 12.3. The molecule has 0 aliphatic rings. The standard InChI is InChI=1S/C26H24N2O2/c1-20-6-5-9-23(16-20)19-30-25-12-10-22(11-13-25)17-24(18-27)26(29)28-15-14-21-7-3-2-4-8-21/h2-13,16-17H,14-15,19H2,1H3,(H,28,29). The zero-order valence-electron chi connectivity index (χ0n) is 17.0. The maximum atomic E-state index is 12.3. The monoisotopic (exact) mass is 396 g/mol. The highest BCUT2D eigenvalue weighted by Gasteiger charge is 2.08. The molecule has 0 bridgehead atoms. The summed E-state index contributed by atoms with van der Waals surface area (Å²) in [6.07, 6.45) is 2.31. The number of hydrogen-bond donors (Lipinski definition) is 1. The highest BCUT2D eigenvalue weighted by molar-refractivity contribution is 6.01. The lowest BCUT2D eigenvalue weighted by atomic mass is 10.1. The first-order valence-corrected chi connectivity index (χ1v) is 9.86. The van der Waals surface area contributed by atoms with Crippen LogP contribution in [0.15, 0.2) is 84.4 Å². The second kappa shape index (κ2) is 10.6. The summed E-state index contributed by atoms with van der Waals surface area (Å²) in [6.45, 7) is 3.02. The summed E-state index contributed by atoms with van der Waals surface area (Å²) in [7, 11) is 0. The Morgan fingerprint density at radius 2 is 1.73 bits per heavy atom. The molecule has 3 rings (SSSR count). The molecule has 0 saturated carbocycles. The smallest absolute Gasteiger partial charge is 0.261 e. The number of aryl methyl sites for hydroxylation is 1. The summed E-state index contributed by atoms with van der Waals surface area (Å²) in [6, 6.07) is 27.4. The van der Waals surface area contributed by atoms with E-state index >= 15 is 0 Å². The van der Waals surface area contributed by atoms with Crippen LogP contribution in [0.1, 0.15) is 22.3 Å². The molecule has 0 spiro atoms. The summed E-state index contributed by atoms with van der Waals surface area (Å²) < 4.78 is 5.81. The molecule has 0 aromatic heterocycles. The first-order chi connectivity index (χ1) is 14.6. The number of carbonyl (C=O) groups is 1. The van der Waals surface area contributed by atoms with Crippen molar-refractivity contribution in [2.75, 3.05) is 6.54 Å². The summed E-state index contributed by atoms with van der Waals surface area (Å²) in [5.74, 6) is 0.368. The molecule has 0 saturated heterocycles. The van der Waals surface area contributed by atoms with Crippen LogP contribution in [0.25, 0.3) is 6.08 Å². The minimum absolute atomic E-state index is 0.0801. The van der Waals surface area contributed by atoms with Gasteiger partial charge in [-0.15, -0.1) is 0 Å². The zero-order valence-corrected chi connectivity index (χ0v) is 17.0. The highest BCUT2D eigenvalue weighted by Crippen LogP contribution is 2.16. The number of amides is 1. The Labute approximate surface area is 177 Å². The van der Waals surface area contributed by atoms with Crippen LogP contribution in [0.3, 0.4) is 0 Å². The number of nitriles is 1. The van der Waals surface area contributed by atoms with Crippen molar-refractivity contribution >= 4 is 12.0 Å². The highest BCUT2D eigenvalue weighted by atomic mass is 16.5. The lowest BCUT2D eigenvalue weighted by Crippen LogP contribution is -2.26. The van der Waals surface area contributed by atoms with Crippen LogP contribution in [-0.4, -0.2) is 12.5 Å². The van der Waals surface area contributed by atoms with Gasteiger partial charge in [0.15, 0.2) is 0 Å². The van der Waals surface area contributed by atoms with Gasteiger partial charge in [-0.25, -0.2) is 0 Å². The zero-order chi connectivity index (χ0) is 21.2. The molecule has 0 aliphatic carbocycles. The Balaban J connectivity index is 1.54. The van der Waals surface area contributed by atoms with E-state index in [2.05, 4.69) is 24.4 Å². The minimum Gasteiger partial charge on any atom is -0.489 e. The molecule has 1 N–H and O–H groups in total. The summed E-state index contributed by atoms with van der Waals surface area (Å²) in [5.41, 5.74) is 4.30. The number of hydrogen-bond acceptors (Lipinski definition) is 3. The second-order valence-corrected chi connectivity index (χ2v) is 7.01. The van der Waals surface area contributed by atoms with Crippen molar-refractivity contribution in [3.8, 4) is 11.8 Å². The lowest BCUT2D eigenvalue weighted by Gasteiger charge is -2.07. The molecule has 150 valence electrons. The van der Waals surface area contributed by atoms with Gasteiger partial charge in [0.25, 0.3) is 5.91 Å². The number of nitrogens with zero attached hydrogens (tertiary/aromatic N) is 1. The Hall–Kier alpha value is -3.84. The molecular formula is C26H24N2O2. The lowest BCUT2D eigenvalue weighted by molar-refractivity contribution is -0.117. The molecule has 30 heavy (non-hydrogen) atoms. The van der Waals surface area contributed by atoms with Gasteiger partial charge in [0.1, 0.15) is 24.0 Å². The average Bonchev–Trinajstić information content (AvgIpc) is 2.77. The van der Waals surface area contributed by atoms with Gasteiger partial charge in [0.05, 0.1) is 0 Å². The second-order valence-electron chi connectivity index (χ2n) is 7.01. The number of carbonyl (C=O) groups excluding carboxylic acids is 1. The number of ether oxygens (including phenoxy) is 1. The van der Waals surface area contributed by atoms with Crippen molar-refractivity contribution < 1.29 is 9.53 Å². The fourth-order valence-corrected chi connectivity index (χ4v) is 3.00. The van der Waals surface area contributed by atoms with Crippen LogP contribution in [0.5, 0.6) is 5.75 Å². The predicted octanol–water partition coefficient (Wildman–Crippen LogP) is 4.84. The maximum Gasteiger partial charge on any atom is 0.261 e. The van der Waals surface area contributed by atoms with Gasteiger partial charge in [0.2, 0.25) is 0 Å². The quantitative estimate of drug-likeness (QED) is 0.438. The molecule has 0 aliphatic heterocycles. The fraction of sp³-hybridized carbons (Fsp3) is 0.154. The van der Waals surface area contributed by atoms with Crippen LogP contribution < -0.4 is 10.1 Å². The van der Waals surface area contributed by atoms with E-state index < -0.39 is 0 Å². The molecule has 3 aromatic carbocycles. The van der Waals surface area contributed by atoms with Crippen LogP contribution >= 0.6 is 0 Å².